The summed E-state index contributed by atoms with van der Waals surface area (Å²) in [5.41, 5.74) is 5.12. The van der Waals surface area contributed by atoms with E-state index in [1.807, 2.05) is 12.1 Å². The van der Waals surface area contributed by atoms with Crippen molar-refractivity contribution in [2.75, 3.05) is 18.0 Å². The Labute approximate surface area is 226 Å². The summed E-state index contributed by atoms with van der Waals surface area (Å²) in [6.45, 7) is 6.86. The number of hydrogen-bond acceptors (Lipinski definition) is 6. The summed E-state index contributed by atoms with van der Waals surface area (Å²) in [5.74, 6) is 0.831. The summed E-state index contributed by atoms with van der Waals surface area (Å²) in [6.07, 6.45) is 5.03. The van der Waals surface area contributed by atoms with Crippen LogP contribution in [-0.4, -0.2) is 54.3 Å². The van der Waals surface area contributed by atoms with Gasteiger partial charge in [-0.3, -0.25) is 0 Å². The minimum absolute atomic E-state index is 0.0321. The second kappa shape index (κ2) is 11.3. The lowest BCUT2D eigenvalue weighted by atomic mass is 9.95. The van der Waals surface area contributed by atoms with Gasteiger partial charge in [0.25, 0.3) is 0 Å². The molecule has 38 heavy (non-hydrogen) atoms. The highest BCUT2D eigenvalue weighted by Crippen LogP contribution is 2.35. The third kappa shape index (κ3) is 5.43. The summed E-state index contributed by atoms with van der Waals surface area (Å²) in [6, 6.07) is 14.6. The first-order chi connectivity index (χ1) is 18.4. The first-order valence-corrected chi connectivity index (χ1v) is 13.5. The van der Waals surface area contributed by atoms with Crippen LogP contribution < -0.4 is 4.90 Å². The monoisotopic (exact) mass is 533 g/mol. The number of nitrogens with one attached hydrogen (secondary N) is 1. The molecule has 1 aliphatic heterocycles. The highest BCUT2D eigenvalue weighted by atomic mass is 35.5. The van der Waals surface area contributed by atoms with Crippen LogP contribution in [0, 0.1) is 5.92 Å². The number of hydrogen-bond donors (Lipinski definition) is 2. The number of aromatic nitrogens is 6. The van der Waals surface area contributed by atoms with Crippen molar-refractivity contribution in [1.82, 2.24) is 30.2 Å². The summed E-state index contributed by atoms with van der Waals surface area (Å²) in [4.78, 5) is 18.7. The summed E-state index contributed by atoms with van der Waals surface area (Å²) in [7, 11) is 0. The lowest BCUT2D eigenvalue weighted by Crippen LogP contribution is -2.34. The molecule has 2 aromatic heterocycles. The summed E-state index contributed by atoms with van der Waals surface area (Å²) in [5, 5.41) is 24.6. The normalized spacial score (nSPS) is 15.7. The molecule has 4 aromatic rings. The van der Waals surface area contributed by atoms with Gasteiger partial charge in [0, 0.05) is 37.3 Å². The molecule has 10 heteroatoms. The molecule has 3 heterocycles. The van der Waals surface area contributed by atoms with E-state index >= 15 is 0 Å². The zero-order valence-electron chi connectivity index (χ0n) is 21.7. The van der Waals surface area contributed by atoms with Crippen molar-refractivity contribution in [2.45, 2.75) is 52.5 Å². The van der Waals surface area contributed by atoms with E-state index < -0.39 is 5.97 Å². The number of H-pyrrole nitrogens is 1. The van der Waals surface area contributed by atoms with Crippen LogP contribution >= 0.6 is 11.6 Å². The number of imidazole rings is 1. The zero-order valence-corrected chi connectivity index (χ0v) is 22.4. The second-order valence-corrected chi connectivity index (χ2v) is 10.4. The molecule has 0 aliphatic carbocycles. The Morgan fingerprint density at radius 3 is 2.68 bits per heavy atom. The molecular formula is C28H32ClN7O2. The van der Waals surface area contributed by atoms with E-state index in [1.165, 1.54) is 18.5 Å². The predicted molar refractivity (Wildman–Crippen MR) is 148 cm³/mol. The molecule has 9 nitrogen and oxygen atoms in total. The molecule has 0 unspecified atom stereocenters. The van der Waals surface area contributed by atoms with Crippen molar-refractivity contribution in [3.63, 3.8) is 0 Å². The van der Waals surface area contributed by atoms with Crippen LogP contribution in [0.4, 0.5) is 5.69 Å². The highest BCUT2D eigenvalue weighted by Gasteiger charge is 2.22. The number of aryl methyl sites for hydroxylation is 1. The van der Waals surface area contributed by atoms with Gasteiger partial charge in [-0.05, 0) is 65.3 Å². The molecule has 1 fully saturated rings. The van der Waals surface area contributed by atoms with Gasteiger partial charge in [0.1, 0.15) is 5.82 Å². The predicted octanol–water partition coefficient (Wildman–Crippen LogP) is 5.71. The van der Waals surface area contributed by atoms with E-state index in [0.717, 1.165) is 48.2 Å². The number of carboxylic acid groups (broad SMARTS) is 1. The van der Waals surface area contributed by atoms with Crippen molar-refractivity contribution in [3.8, 4) is 22.5 Å². The summed E-state index contributed by atoms with van der Waals surface area (Å²) < 4.78 is 1.72. The molecule has 0 bridgehead atoms. The molecule has 0 spiro atoms. The van der Waals surface area contributed by atoms with Crippen LogP contribution in [0.3, 0.4) is 0 Å². The highest BCUT2D eigenvalue weighted by molar-refractivity contribution is 6.32. The fraction of sp³-hybridized carbons (Fsp3) is 0.393. The summed E-state index contributed by atoms with van der Waals surface area (Å²) >= 11 is 6.21. The van der Waals surface area contributed by atoms with Gasteiger partial charge >= 0.3 is 5.97 Å². The number of piperidine rings is 1. The Bertz CT molecular complexity index is 1400. The number of aromatic carboxylic acids is 1. The number of anilines is 1. The molecule has 0 radical (unpaired) electrons. The van der Waals surface area contributed by atoms with E-state index in [0.29, 0.717) is 30.5 Å². The number of halogens is 1. The van der Waals surface area contributed by atoms with Gasteiger partial charge in [0.2, 0.25) is 5.82 Å². The maximum atomic E-state index is 11.9. The first-order valence-electron chi connectivity index (χ1n) is 13.1. The van der Waals surface area contributed by atoms with E-state index in [-0.39, 0.29) is 10.8 Å². The van der Waals surface area contributed by atoms with E-state index in [2.05, 4.69) is 74.7 Å². The quantitative estimate of drug-likeness (QED) is 0.283. The van der Waals surface area contributed by atoms with Crippen molar-refractivity contribution < 1.29 is 9.90 Å². The molecule has 198 valence electrons. The van der Waals surface area contributed by atoms with Crippen molar-refractivity contribution in [2.24, 2.45) is 5.92 Å². The number of tetrazole rings is 1. The Morgan fingerprint density at radius 2 is 2.00 bits per heavy atom. The molecular weight excluding hydrogens is 502 g/mol. The minimum Gasteiger partial charge on any atom is -0.476 e. The number of carbonyl (C=O) groups is 1. The van der Waals surface area contributed by atoms with E-state index in [9.17, 15) is 9.90 Å². The van der Waals surface area contributed by atoms with Gasteiger partial charge in [-0.2, -0.15) is 5.21 Å². The van der Waals surface area contributed by atoms with Gasteiger partial charge in [-0.25, -0.2) is 9.78 Å². The molecule has 1 atom stereocenters. The number of benzene rings is 2. The molecule has 2 aromatic carbocycles. The van der Waals surface area contributed by atoms with Gasteiger partial charge in [-0.1, -0.05) is 56.1 Å². The van der Waals surface area contributed by atoms with Gasteiger partial charge in [0.05, 0.1) is 0 Å². The smallest absolute Gasteiger partial charge is 0.355 e. The van der Waals surface area contributed by atoms with Crippen LogP contribution in [0.1, 0.15) is 61.4 Å². The maximum absolute atomic E-state index is 11.9. The standard InChI is InChI=1S/C28H32ClN7O2/c1-3-4-7-24-30-26(29)25(28(37)38)36(24)17-19-8-10-20(11-9-19)23-15-21(35-14-5-6-18(2)16-35)12-13-22(23)27-31-33-34-32-27/h8-13,15,18H,3-7,14,16-17H2,1-2H3,(H,37,38)(H,31,32,33,34)/t18-/m0/s1. The molecule has 5 rings (SSSR count). The van der Waals surface area contributed by atoms with Crippen LogP contribution in [0.5, 0.6) is 0 Å². The molecule has 0 saturated carbocycles. The lowest BCUT2D eigenvalue weighted by molar-refractivity contribution is 0.0685. The third-order valence-corrected chi connectivity index (χ3v) is 7.44. The molecule has 2 N–H and O–H groups in total. The van der Waals surface area contributed by atoms with Crippen LogP contribution in [-0.2, 0) is 13.0 Å². The average Bonchev–Trinajstić information content (AvgIpc) is 3.56. The molecule has 1 aliphatic rings. The Kier molecular flexibility index (Phi) is 7.74. The van der Waals surface area contributed by atoms with Crippen molar-refractivity contribution in [1.29, 1.82) is 0 Å². The molecule has 1 saturated heterocycles. The van der Waals surface area contributed by atoms with Crippen LogP contribution in [0.25, 0.3) is 22.5 Å². The van der Waals surface area contributed by atoms with Crippen LogP contribution in [0.2, 0.25) is 5.15 Å². The fourth-order valence-electron chi connectivity index (χ4n) is 5.20. The topological polar surface area (TPSA) is 113 Å². The average molecular weight is 534 g/mol. The van der Waals surface area contributed by atoms with E-state index in [4.69, 9.17) is 11.6 Å². The largest absolute Gasteiger partial charge is 0.476 e. The second-order valence-electron chi connectivity index (χ2n) is 10.0. The van der Waals surface area contributed by atoms with Crippen LogP contribution in [0.15, 0.2) is 42.5 Å². The number of rotatable bonds is 9. The Balaban J connectivity index is 1.48. The zero-order chi connectivity index (χ0) is 26.6. The number of nitrogens with zero attached hydrogens (tertiary/aromatic N) is 6. The Morgan fingerprint density at radius 1 is 1.18 bits per heavy atom. The van der Waals surface area contributed by atoms with Gasteiger partial charge in [-0.15, -0.1) is 10.2 Å². The van der Waals surface area contributed by atoms with Gasteiger partial charge in [0.15, 0.2) is 10.8 Å². The molecule has 0 amide bonds. The number of unbranched alkanes of at least 4 members (excludes halogenated alkanes) is 1. The van der Waals surface area contributed by atoms with Crippen molar-refractivity contribution in [3.05, 3.63) is 64.7 Å². The first kappa shape index (κ1) is 25.9. The third-order valence-electron chi connectivity index (χ3n) is 7.18. The number of aromatic amines is 1. The van der Waals surface area contributed by atoms with Crippen molar-refractivity contribution >= 4 is 23.3 Å². The fourth-order valence-corrected chi connectivity index (χ4v) is 5.48. The Hall–Kier alpha value is -3.72. The number of carboxylic acids is 1. The maximum Gasteiger partial charge on any atom is 0.355 e. The minimum atomic E-state index is -1.07. The SMILES string of the molecule is CCCCc1nc(Cl)c(C(=O)O)n1Cc1ccc(-c2cc(N3CCC[C@H](C)C3)ccc2-c2nn[nH]n2)cc1. The van der Waals surface area contributed by atoms with Gasteiger partial charge < -0.3 is 14.6 Å². The lowest BCUT2D eigenvalue weighted by Gasteiger charge is -2.33. The van der Waals surface area contributed by atoms with E-state index in [1.54, 1.807) is 4.57 Å².